The van der Waals surface area contributed by atoms with Gasteiger partial charge < -0.3 is 15.4 Å². The third-order valence-corrected chi connectivity index (χ3v) is 3.91. The van der Waals surface area contributed by atoms with Gasteiger partial charge in [0.05, 0.1) is 6.42 Å². The molecule has 2 aromatic rings. The maximum atomic E-state index is 12.0. The summed E-state index contributed by atoms with van der Waals surface area (Å²) in [4.78, 5) is 15.2. The molecule has 0 aliphatic rings. The first-order valence-electron chi connectivity index (χ1n) is 6.79. The van der Waals surface area contributed by atoms with Crippen LogP contribution in [0.1, 0.15) is 25.3 Å². The highest BCUT2D eigenvalue weighted by Gasteiger charge is 2.12. The maximum absolute atomic E-state index is 12.0. The number of aromatic amines is 1. The summed E-state index contributed by atoms with van der Waals surface area (Å²) >= 11 is 3.43. The van der Waals surface area contributed by atoms with E-state index in [1.54, 1.807) is 0 Å². The zero-order chi connectivity index (χ0) is 14.5. The van der Waals surface area contributed by atoms with E-state index in [1.165, 1.54) is 0 Å². The summed E-state index contributed by atoms with van der Waals surface area (Å²) < 4.78 is 1.01. The Morgan fingerprint density at radius 3 is 3.00 bits per heavy atom. The Hall–Kier alpha value is -1.33. The average Bonchev–Trinajstić information content (AvgIpc) is 2.80. The second kappa shape index (κ2) is 6.90. The van der Waals surface area contributed by atoms with Crippen LogP contribution < -0.4 is 5.32 Å². The van der Waals surface area contributed by atoms with Gasteiger partial charge in [-0.25, -0.2) is 0 Å². The summed E-state index contributed by atoms with van der Waals surface area (Å²) in [6.45, 7) is 2.10. The number of carbonyl (C=O) groups excluding carboxylic acids is 1. The average molecular weight is 339 g/mol. The van der Waals surface area contributed by atoms with E-state index in [0.717, 1.165) is 27.4 Å². The summed E-state index contributed by atoms with van der Waals surface area (Å²) in [6.07, 6.45) is 3.66. The van der Waals surface area contributed by atoms with Crippen molar-refractivity contribution in [3.8, 4) is 0 Å². The molecule has 0 fully saturated rings. The van der Waals surface area contributed by atoms with Crippen molar-refractivity contribution in [3.05, 3.63) is 34.4 Å². The molecule has 1 aromatic carbocycles. The molecule has 1 aromatic heterocycles. The molecule has 108 valence electrons. The Bertz CT molecular complexity index is 595. The van der Waals surface area contributed by atoms with Crippen molar-refractivity contribution in [1.82, 2.24) is 10.3 Å². The van der Waals surface area contributed by atoms with Gasteiger partial charge in [0, 0.05) is 34.2 Å². The SMILES string of the molecule is CCC(CCO)NC(=O)Cc1c[nH]c2cc(Br)ccc12. The lowest BCUT2D eigenvalue weighted by atomic mass is 10.1. The van der Waals surface area contributed by atoms with Crippen molar-refractivity contribution < 1.29 is 9.90 Å². The Morgan fingerprint density at radius 1 is 1.50 bits per heavy atom. The van der Waals surface area contributed by atoms with E-state index in [1.807, 2.05) is 31.3 Å². The van der Waals surface area contributed by atoms with Gasteiger partial charge >= 0.3 is 0 Å². The molecule has 0 aliphatic carbocycles. The van der Waals surface area contributed by atoms with Crippen molar-refractivity contribution in [3.63, 3.8) is 0 Å². The number of hydrogen-bond donors (Lipinski definition) is 3. The van der Waals surface area contributed by atoms with Crippen molar-refractivity contribution in [2.75, 3.05) is 6.61 Å². The second-order valence-electron chi connectivity index (χ2n) is 4.87. The standard InChI is InChI=1S/C15H19BrN2O2/c1-2-12(5-6-19)18-15(20)7-10-9-17-14-8-11(16)3-4-13(10)14/h3-4,8-9,12,17,19H,2,5-7H2,1H3,(H,18,20). The van der Waals surface area contributed by atoms with Crippen molar-refractivity contribution in [2.45, 2.75) is 32.2 Å². The summed E-state index contributed by atoms with van der Waals surface area (Å²) in [7, 11) is 0. The number of benzene rings is 1. The maximum Gasteiger partial charge on any atom is 0.224 e. The van der Waals surface area contributed by atoms with Gasteiger partial charge in [0.15, 0.2) is 0 Å². The van der Waals surface area contributed by atoms with Gasteiger partial charge in [-0.05, 0) is 30.5 Å². The molecule has 1 heterocycles. The number of aliphatic hydroxyl groups is 1. The summed E-state index contributed by atoms with van der Waals surface area (Å²) in [5.41, 5.74) is 2.01. The van der Waals surface area contributed by atoms with Crippen molar-refractivity contribution in [2.24, 2.45) is 0 Å². The monoisotopic (exact) mass is 338 g/mol. The first-order chi connectivity index (χ1) is 9.63. The molecule has 3 N–H and O–H groups in total. The Balaban J connectivity index is 2.06. The zero-order valence-electron chi connectivity index (χ0n) is 11.4. The molecule has 20 heavy (non-hydrogen) atoms. The lowest BCUT2D eigenvalue weighted by Crippen LogP contribution is -2.36. The van der Waals surface area contributed by atoms with Gasteiger partial charge in [0.1, 0.15) is 0 Å². The fraction of sp³-hybridized carbons (Fsp3) is 0.400. The van der Waals surface area contributed by atoms with Crippen LogP contribution in [0.5, 0.6) is 0 Å². The lowest BCUT2D eigenvalue weighted by molar-refractivity contribution is -0.121. The van der Waals surface area contributed by atoms with Crippen LogP contribution in [0.2, 0.25) is 0 Å². The summed E-state index contributed by atoms with van der Waals surface area (Å²) in [5.74, 6) is -0.00545. The lowest BCUT2D eigenvalue weighted by Gasteiger charge is -2.15. The summed E-state index contributed by atoms with van der Waals surface area (Å²) in [5, 5.41) is 13.0. The van der Waals surface area contributed by atoms with Gasteiger partial charge in [-0.3, -0.25) is 4.79 Å². The van der Waals surface area contributed by atoms with Crippen LogP contribution in [-0.2, 0) is 11.2 Å². The quantitative estimate of drug-likeness (QED) is 0.758. The molecule has 0 bridgehead atoms. The predicted molar refractivity (Wildman–Crippen MR) is 83.6 cm³/mol. The number of rotatable bonds is 6. The fourth-order valence-corrected chi connectivity index (χ4v) is 2.65. The van der Waals surface area contributed by atoms with Gasteiger partial charge in [-0.1, -0.05) is 28.9 Å². The minimum Gasteiger partial charge on any atom is -0.396 e. The number of aliphatic hydroxyl groups excluding tert-OH is 1. The van der Waals surface area contributed by atoms with Crippen LogP contribution in [0.25, 0.3) is 10.9 Å². The molecule has 0 saturated carbocycles. The van der Waals surface area contributed by atoms with E-state index in [-0.39, 0.29) is 18.6 Å². The largest absolute Gasteiger partial charge is 0.396 e. The first kappa shape index (κ1) is 15.1. The smallest absolute Gasteiger partial charge is 0.224 e. The highest BCUT2D eigenvalue weighted by molar-refractivity contribution is 9.10. The van der Waals surface area contributed by atoms with Crippen molar-refractivity contribution in [1.29, 1.82) is 0 Å². The molecule has 1 amide bonds. The number of H-pyrrole nitrogens is 1. The molecular weight excluding hydrogens is 320 g/mol. The van der Waals surface area contributed by atoms with E-state index in [4.69, 9.17) is 5.11 Å². The molecule has 0 saturated heterocycles. The van der Waals surface area contributed by atoms with E-state index < -0.39 is 0 Å². The van der Waals surface area contributed by atoms with Crippen LogP contribution in [0.3, 0.4) is 0 Å². The van der Waals surface area contributed by atoms with Gasteiger partial charge in [-0.2, -0.15) is 0 Å². The Morgan fingerprint density at radius 2 is 2.30 bits per heavy atom. The molecule has 1 unspecified atom stereocenters. The molecule has 2 rings (SSSR count). The highest BCUT2D eigenvalue weighted by atomic mass is 79.9. The fourth-order valence-electron chi connectivity index (χ4n) is 2.29. The number of hydrogen-bond acceptors (Lipinski definition) is 2. The van der Waals surface area contributed by atoms with Crippen LogP contribution in [0, 0.1) is 0 Å². The minimum atomic E-state index is -0.00545. The van der Waals surface area contributed by atoms with Crippen LogP contribution >= 0.6 is 15.9 Å². The van der Waals surface area contributed by atoms with E-state index in [0.29, 0.717) is 12.8 Å². The number of fused-ring (bicyclic) bond motifs is 1. The number of halogens is 1. The van der Waals surface area contributed by atoms with Gasteiger partial charge in [-0.15, -0.1) is 0 Å². The number of nitrogens with one attached hydrogen (secondary N) is 2. The molecule has 0 spiro atoms. The molecule has 0 radical (unpaired) electrons. The highest BCUT2D eigenvalue weighted by Crippen LogP contribution is 2.22. The second-order valence-corrected chi connectivity index (χ2v) is 5.78. The molecule has 4 nitrogen and oxygen atoms in total. The zero-order valence-corrected chi connectivity index (χ0v) is 13.0. The van der Waals surface area contributed by atoms with Crippen LogP contribution in [-0.4, -0.2) is 28.6 Å². The van der Waals surface area contributed by atoms with E-state index >= 15 is 0 Å². The van der Waals surface area contributed by atoms with Gasteiger partial charge in [0.25, 0.3) is 0 Å². The Kier molecular flexibility index (Phi) is 5.20. The minimum absolute atomic E-state index is 0.00545. The van der Waals surface area contributed by atoms with E-state index in [2.05, 4.69) is 26.2 Å². The molecular formula is C15H19BrN2O2. The number of aromatic nitrogens is 1. The summed E-state index contributed by atoms with van der Waals surface area (Å²) in [6, 6.07) is 6.02. The molecule has 0 aliphatic heterocycles. The van der Waals surface area contributed by atoms with Crippen LogP contribution in [0.4, 0.5) is 0 Å². The predicted octanol–water partition coefficient (Wildman–Crippen LogP) is 2.75. The van der Waals surface area contributed by atoms with Gasteiger partial charge in [0.2, 0.25) is 5.91 Å². The third-order valence-electron chi connectivity index (χ3n) is 3.42. The normalized spacial score (nSPS) is 12.6. The topological polar surface area (TPSA) is 65.1 Å². The first-order valence-corrected chi connectivity index (χ1v) is 7.59. The third kappa shape index (κ3) is 3.61. The van der Waals surface area contributed by atoms with E-state index in [9.17, 15) is 4.79 Å². The van der Waals surface area contributed by atoms with Crippen molar-refractivity contribution >= 4 is 32.7 Å². The number of amides is 1. The molecule has 1 atom stereocenters. The Labute approximate surface area is 126 Å². The molecule has 5 heteroatoms. The number of carbonyl (C=O) groups is 1. The van der Waals surface area contributed by atoms with Crippen LogP contribution in [0.15, 0.2) is 28.9 Å².